The molecule has 146 valence electrons. The molecule has 0 spiro atoms. The van der Waals surface area contributed by atoms with Crippen molar-refractivity contribution in [1.29, 1.82) is 0 Å². The summed E-state index contributed by atoms with van der Waals surface area (Å²) in [5.41, 5.74) is 5.23. The number of hydrogen-bond donors (Lipinski definition) is 3. The predicted molar refractivity (Wildman–Crippen MR) is 110 cm³/mol. The molecule has 27 heavy (non-hydrogen) atoms. The van der Waals surface area contributed by atoms with Crippen LogP contribution in [0.25, 0.3) is 0 Å². The summed E-state index contributed by atoms with van der Waals surface area (Å²) in [5, 5.41) is 3.06. The van der Waals surface area contributed by atoms with Gasteiger partial charge in [-0.15, -0.1) is 11.8 Å². The Hall–Kier alpha value is -2.19. The number of aromatic nitrogens is 2. The van der Waals surface area contributed by atoms with Crippen LogP contribution >= 0.6 is 11.8 Å². The van der Waals surface area contributed by atoms with Gasteiger partial charge in [-0.2, -0.15) is 0 Å². The van der Waals surface area contributed by atoms with Gasteiger partial charge in [-0.3, -0.25) is 14.7 Å². The van der Waals surface area contributed by atoms with Crippen LogP contribution in [0.2, 0.25) is 0 Å². The van der Waals surface area contributed by atoms with Gasteiger partial charge >= 0.3 is 0 Å². The lowest BCUT2D eigenvalue weighted by atomic mass is 10.1. The van der Waals surface area contributed by atoms with E-state index < -0.39 is 0 Å². The Labute approximate surface area is 163 Å². The van der Waals surface area contributed by atoms with E-state index in [9.17, 15) is 4.79 Å². The van der Waals surface area contributed by atoms with Crippen LogP contribution in [0.5, 0.6) is 5.75 Å². The Morgan fingerprint density at radius 3 is 2.96 bits per heavy atom. The zero-order chi connectivity index (χ0) is 18.9. The maximum atomic E-state index is 11.4. The first-order valence-corrected chi connectivity index (χ1v) is 10.4. The SMILES string of the molecule is Nc1cnc(NCCCOc2cccc(SCN3CCCCC3)c2)[nH]c1=O. The van der Waals surface area contributed by atoms with Crippen LogP contribution in [0.1, 0.15) is 25.7 Å². The van der Waals surface area contributed by atoms with E-state index in [1.54, 1.807) is 0 Å². The summed E-state index contributed by atoms with van der Waals surface area (Å²) in [6.07, 6.45) is 6.14. The van der Waals surface area contributed by atoms with Crippen LogP contribution in [-0.4, -0.2) is 47.0 Å². The fraction of sp³-hybridized carbons (Fsp3) is 0.474. The number of nitrogens with two attached hydrogens (primary N) is 1. The molecule has 1 aliphatic heterocycles. The predicted octanol–water partition coefficient (Wildman–Crippen LogP) is 2.77. The van der Waals surface area contributed by atoms with E-state index in [1.165, 1.54) is 43.4 Å². The van der Waals surface area contributed by atoms with E-state index in [0.29, 0.717) is 19.1 Å². The molecule has 0 atom stereocenters. The van der Waals surface area contributed by atoms with Crippen LogP contribution in [0.3, 0.4) is 0 Å². The molecule has 0 unspecified atom stereocenters. The molecule has 0 saturated carbocycles. The fourth-order valence-electron chi connectivity index (χ4n) is 2.87. The van der Waals surface area contributed by atoms with E-state index >= 15 is 0 Å². The quantitative estimate of drug-likeness (QED) is 0.448. The van der Waals surface area contributed by atoms with Gasteiger partial charge in [-0.05, 0) is 50.6 Å². The van der Waals surface area contributed by atoms with E-state index in [4.69, 9.17) is 10.5 Å². The molecule has 0 bridgehead atoms. The number of anilines is 2. The molecule has 3 rings (SSSR count). The minimum absolute atomic E-state index is 0.113. The molecule has 0 radical (unpaired) electrons. The van der Waals surface area contributed by atoms with Crippen LogP contribution in [0.4, 0.5) is 11.6 Å². The number of nitrogens with zero attached hydrogens (tertiary/aromatic N) is 2. The molecule has 1 aliphatic rings. The molecule has 7 nitrogen and oxygen atoms in total. The molecule has 1 aromatic heterocycles. The van der Waals surface area contributed by atoms with Crippen LogP contribution in [0.15, 0.2) is 40.2 Å². The lowest BCUT2D eigenvalue weighted by molar-refractivity contribution is 0.266. The molecular weight excluding hydrogens is 362 g/mol. The van der Waals surface area contributed by atoms with Crippen molar-refractivity contribution in [3.05, 3.63) is 40.8 Å². The molecule has 2 heterocycles. The van der Waals surface area contributed by atoms with Crippen LogP contribution in [0, 0.1) is 0 Å². The summed E-state index contributed by atoms with van der Waals surface area (Å²) in [5.74, 6) is 2.35. The molecule has 8 heteroatoms. The van der Waals surface area contributed by atoms with Crippen molar-refractivity contribution >= 4 is 23.4 Å². The normalized spacial score (nSPS) is 14.8. The van der Waals surface area contributed by atoms with Crippen molar-refractivity contribution in [3.8, 4) is 5.75 Å². The molecule has 1 aromatic carbocycles. The largest absolute Gasteiger partial charge is 0.493 e. The molecule has 1 fully saturated rings. The van der Waals surface area contributed by atoms with E-state index in [2.05, 4.69) is 32.3 Å². The lowest BCUT2D eigenvalue weighted by Crippen LogP contribution is -2.29. The average molecular weight is 390 g/mol. The summed E-state index contributed by atoms with van der Waals surface area (Å²) in [4.78, 5) is 21.8. The summed E-state index contributed by atoms with van der Waals surface area (Å²) in [7, 11) is 0. The van der Waals surface area contributed by atoms with Gasteiger partial charge in [0.05, 0.1) is 12.8 Å². The second kappa shape index (κ2) is 10.2. The Balaban J connectivity index is 1.36. The first-order valence-electron chi connectivity index (χ1n) is 9.37. The number of piperidine rings is 1. The molecule has 0 amide bonds. The monoisotopic (exact) mass is 389 g/mol. The minimum atomic E-state index is -0.331. The second-order valence-corrected chi connectivity index (χ2v) is 7.59. The number of thioether (sulfide) groups is 1. The van der Waals surface area contributed by atoms with E-state index in [-0.39, 0.29) is 11.2 Å². The zero-order valence-electron chi connectivity index (χ0n) is 15.4. The third-order valence-corrected chi connectivity index (χ3v) is 5.46. The Bertz CT molecular complexity index is 777. The van der Waals surface area contributed by atoms with Gasteiger partial charge in [0.2, 0.25) is 5.95 Å². The Kier molecular flexibility index (Phi) is 7.41. The number of aromatic amines is 1. The first-order chi connectivity index (χ1) is 13.2. The second-order valence-electron chi connectivity index (χ2n) is 6.57. The summed E-state index contributed by atoms with van der Waals surface area (Å²) < 4.78 is 5.84. The van der Waals surface area contributed by atoms with Gasteiger partial charge in [0, 0.05) is 17.3 Å². The number of ether oxygens (including phenoxy) is 1. The maximum Gasteiger partial charge on any atom is 0.275 e. The number of H-pyrrole nitrogens is 1. The molecule has 4 N–H and O–H groups in total. The van der Waals surface area contributed by atoms with E-state index in [1.807, 2.05) is 23.9 Å². The highest BCUT2D eigenvalue weighted by molar-refractivity contribution is 7.99. The van der Waals surface area contributed by atoms with Gasteiger partial charge in [0.1, 0.15) is 11.4 Å². The number of hydrogen-bond acceptors (Lipinski definition) is 7. The van der Waals surface area contributed by atoms with Crippen molar-refractivity contribution in [2.45, 2.75) is 30.6 Å². The highest BCUT2D eigenvalue weighted by Crippen LogP contribution is 2.25. The number of rotatable bonds is 9. The van der Waals surface area contributed by atoms with Crippen LogP contribution < -0.4 is 21.3 Å². The summed E-state index contributed by atoms with van der Waals surface area (Å²) in [6, 6.07) is 8.25. The van der Waals surface area contributed by atoms with Crippen molar-refractivity contribution in [2.75, 3.05) is 43.2 Å². The first kappa shape index (κ1) is 19.6. The topological polar surface area (TPSA) is 96.3 Å². The van der Waals surface area contributed by atoms with Crippen molar-refractivity contribution in [3.63, 3.8) is 0 Å². The maximum absolute atomic E-state index is 11.4. The van der Waals surface area contributed by atoms with Crippen LogP contribution in [-0.2, 0) is 0 Å². The molecule has 2 aromatic rings. The van der Waals surface area contributed by atoms with Gasteiger partial charge < -0.3 is 15.8 Å². The minimum Gasteiger partial charge on any atom is -0.493 e. The molecular formula is C19H27N5O2S. The highest BCUT2D eigenvalue weighted by atomic mass is 32.2. The van der Waals surface area contributed by atoms with Gasteiger partial charge in [0.15, 0.2) is 0 Å². The third kappa shape index (κ3) is 6.48. The standard InChI is InChI=1S/C19H27N5O2S/c20-17-13-22-19(23-18(17)25)21-8-5-11-26-15-6-4-7-16(12-15)27-14-24-9-2-1-3-10-24/h4,6-7,12-13H,1-3,5,8-11,14,20H2,(H2,21,22,23,25). The van der Waals surface area contributed by atoms with Gasteiger partial charge in [-0.1, -0.05) is 12.5 Å². The van der Waals surface area contributed by atoms with E-state index in [0.717, 1.165) is 18.0 Å². The Morgan fingerprint density at radius 1 is 1.30 bits per heavy atom. The van der Waals surface area contributed by atoms with Crippen molar-refractivity contribution in [1.82, 2.24) is 14.9 Å². The fourth-order valence-corrected chi connectivity index (χ4v) is 3.84. The number of likely N-dealkylation sites (tertiary alicyclic amines) is 1. The summed E-state index contributed by atoms with van der Waals surface area (Å²) in [6.45, 7) is 3.66. The Morgan fingerprint density at radius 2 is 2.15 bits per heavy atom. The van der Waals surface area contributed by atoms with Gasteiger partial charge in [0.25, 0.3) is 5.56 Å². The smallest absolute Gasteiger partial charge is 0.275 e. The summed E-state index contributed by atoms with van der Waals surface area (Å²) >= 11 is 1.87. The lowest BCUT2D eigenvalue weighted by Gasteiger charge is -2.25. The van der Waals surface area contributed by atoms with Gasteiger partial charge in [-0.25, -0.2) is 4.98 Å². The molecule has 0 aliphatic carbocycles. The number of benzene rings is 1. The zero-order valence-corrected chi connectivity index (χ0v) is 16.3. The third-order valence-electron chi connectivity index (χ3n) is 4.38. The highest BCUT2D eigenvalue weighted by Gasteiger charge is 2.10. The number of nitrogen functional groups attached to an aromatic ring is 1. The average Bonchev–Trinajstić information content (AvgIpc) is 2.70. The number of nitrogens with one attached hydrogen (secondary N) is 2. The van der Waals surface area contributed by atoms with Crippen molar-refractivity contribution < 1.29 is 4.74 Å². The van der Waals surface area contributed by atoms with Crippen molar-refractivity contribution in [2.24, 2.45) is 0 Å². The molecule has 1 saturated heterocycles.